The topological polar surface area (TPSA) is 52.7 Å². The van der Waals surface area contributed by atoms with Gasteiger partial charge in [-0.25, -0.2) is 0 Å². The van der Waals surface area contributed by atoms with E-state index in [1.54, 1.807) is 11.8 Å². The standard InChI is InChI=1S/C18H27N3O2S/c1-4-19-17(22)12-20-7-9-21(10-8-20)18(23)13-24-16-11-14(2)5-6-15(16)3/h5-6,11H,4,7-10,12-13H2,1-3H3,(H,19,22). The van der Waals surface area contributed by atoms with Crippen molar-refractivity contribution in [3.63, 3.8) is 0 Å². The zero-order valence-electron chi connectivity index (χ0n) is 14.8. The fraction of sp³-hybridized carbons (Fsp3) is 0.556. The molecule has 1 saturated heterocycles. The molecule has 132 valence electrons. The second-order valence-corrected chi connectivity index (χ2v) is 7.19. The summed E-state index contributed by atoms with van der Waals surface area (Å²) < 4.78 is 0. The first kappa shape index (κ1) is 18.8. The first-order valence-electron chi connectivity index (χ1n) is 8.46. The number of nitrogens with zero attached hydrogens (tertiary/aromatic N) is 2. The molecule has 0 saturated carbocycles. The normalized spacial score (nSPS) is 15.4. The molecule has 1 heterocycles. The maximum absolute atomic E-state index is 12.4. The minimum absolute atomic E-state index is 0.0581. The van der Waals surface area contributed by atoms with Gasteiger partial charge < -0.3 is 10.2 Å². The summed E-state index contributed by atoms with van der Waals surface area (Å²) in [5, 5.41) is 2.81. The van der Waals surface area contributed by atoms with Crippen molar-refractivity contribution in [2.75, 3.05) is 45.0 Å². The van der Waals surface area contributed by atoms with Gasteiger partial charge in [-0.1, -0.05) is 17.7 Å². The highest BCUT2D eigenvalue weighted by atomic mass is 32.2. The van der Waals surface area contributed by atoms with Crippen molar-refractivity contribution < 1.29 is 9.59 Å². The number of aryl methyl sites for hydroxylation is 2. The molecule has 1 fully saturated rings. The second kappa shape index (κ2) is 9.08. The summed E-state index contributed by atoms with van der Waals surface area (Å²) in [4.78, 5) is 29.2. The molecule has 0 aliphatic carbocycles. The van der Waals surface area contributed by atoms with Crippen LogP contribution in [0.3, 0.4) is 0 Å². The molecule has 0 unspecified atom stereocenters. The highest BCUT2D eigenvalue weighted by Crippen LogP contribution is 2.24. The van der Waals surface area contributed by atoms with Crippen molar-refractivity contribution in [3.8, 4) is 0 Å². The van der Waals surface area contributed by atoms with Gasteiger partial charge in [0.2, 0.25) is 11.8 Å². The van der Waals surface area contributed by atoms with Crippen LogP contribution in [0.25, 0.3) is 0 Å². The van der Waals surface area contributed by atoms with Crippen LogP contribution < -0.4 is 5.32 Å². The van der Waals surface area contributed by atoms with E-state index >= 15 is 0 Å². The lowest BCUT2D eigenvalue weighted by Gasteiger charge is -2.34. The van der Waals surface area contributed by atoms with Gasteiger partial charge in [0.05, 0.1) is 12.3 Å². The number of amides is 2. The van der Waals surface area contributed by atoms with Gasteiger partial charge in [0, 0.05) is 37.6 Å². The largest absolute Gasteiger partial charge is 0.355 e. The van der Waals surface area contributed by atoms with Gasteiger partial charge in [-0.3, -0.25) is 14.5 Å². The van der Waals surface area contributed by atoms with E-state index in [1.807, 2.05) is 11.8 Å². The lowest BCUT2D eigenvalue weighted by molar-refractivity contribution is -0.130. The Balaban J connectivity index is 1.76. The van der Waals surface area contributed by atoms with Crippen LogP contribution in [0.2, 0.25) is 0 Å². The van der Waals surface area contributed by atoms with E-state index in [-0.39, 0.29) is 11.8 Å². The number of piperazine rings is 1. The molecule has 1 aromatic carbocycles. The molecule has 24 heavy (non-hydrogen) atoms. The molecule has 5 nitrogen and oxygen atoms in total. The van der Waals surface area contributed by atoms with E-state index in [2.05, 4.69) is 42.3 Å². The minimum atomic E-state index is 0.0581. The second-order valence-electron chi connectivity index (χ2n) is 6.17. The third-order valence-electron chi connectivity index (χ3n) is 4.16. The predicted molar refractivity (Wildman–Crippen MR) is 98.3 cm³/mol. The number of benzene rings is 1. The lowest BCUT2D eigenvalue weighted by Crippen LogP contribution is -2.51. The van der Waals surface area contributed by atoms with E-state index < -0.39 is 0 Å². The van der Waals surface area contributed by atoms with Gasteiger partial charge in [0.25, 0.3) is 0 Å². The zero-order chi connectivity index (χ0) is 17.5. The Morgan fingerprint density at radius 1 is 1.17 bits per heavy atom. The summed E-state index contributed by atoms with van der Waals surface area (Å²) in [6.07, 6.45) is 0. The molecule has 1 aromatic rings. The van der Waals surface area contributed by atoms with E-state index in [1.165, 1.54) is 16.0 Å². The monoisotopic (exact) mass is 349 g/mol. The molecule has 0 bridgehead atoms. The smallest absolute Gasteiger partial charge is 0.234 e. The average Bonchev–Trinajstić information content (AvgIpc) is 2.56. The van der Waals surface area contributed by atoms with Crippen LogP contribution in [0.5, 0.6) is 0 Å². The molecule has 1 N–H and O–H groups in total. The number of nitrogens with one attached hydrogen (secondary N) is 1. The predicted octanol–water partition coefficient (Wildman–Crippen LogP) is 1.68. The summed E-state index contributed by atoms with van der Waals surface area (Å²) in [6, 6.07) is 6.33. The van der Waals surface area contributed by atoms with Crippen molar-refractivity contribution in [1.29, 1.82) is 0 Å². The first-order valence-corrected chi connectivity index (χ1v) is 9.45. The Hall–Kier alpha value is -1.53. The van der Waals surface area contributed by atoms with Crippen molar-refractivity contribution >= 4 is 23.6 Å². The Morgan fingerprint density at radius 2 is 1.88 bits per heavy atom. The SMILES string of the molecule is CCNC(=O)CN1CCN(C(=O)CSc2cc(C)ccc2C)CC1. The number of thioether (sulfide) groups is 1. The summed E-state index contributed by atoms with van der Waals surface area (Å²) in [5.74, 6) is 0.710. The molecule has 2 rings (SSSR count). The molecule has 1 aliphatic heterocycles. The maximum atomic E-state index is 12.4. The van der Waals surface area contributed by atoms with Crippen LogP contribution in [-0.2, 0) is 9.59 Å². The van der Waals surface area contributed by atoms with E-state index in [9.17, 15) is 9.59 Å². The van der Waals surface area contributed by atoms with Crippen molar-refractivity contribution in [2.24, 2.45) is 0 Å². The van der Waals surface area contributed by atoms with E-state index in [4.69, 9.17) is 0 Å². The molecular formula is C18H27N3O2S. The molecular weight excluding hydrogens is 322 g/mol. The number of carbonyl (C=O) groups excluding carboxylic acids is 2. The van der Waals surface area contributed by atoms with Crippen LogP contribution in [0.15, 0.2) is 23.1 Å². The van der Waals surface area contributed by atoms with Crippen LogP contribution >= 0.6 is 11.8 Å². The first-order chi connectivity index (χ1) is 11.5. The Labute approximate surface area is 148 Å². The van der Waals surface area contributed by atoms with Crippen LogP contribution in [0.4, 0.5) is 0 Å². The van der Waals surface area contributed by atoms with Crippen LogP contribution in [0, 0.1) is 13.8 Å². The van der Waals surface area contributed by atoms with Crippen molar-refractivity contribution in [1.82, 2.24) is 15.1 Å². The number of likely N-dealkylation sites (N-methyl/N-ethyl adjacent to an activating group) is 1. The van der Waals surface area contributed by atoms with Gasteiger partial charge in [-0.15, -0.1) is 11.8 Å². The molecule has 0 atom stereocenters. The van der Waals surface area contributed by atoms with E-state index in [0.29, 0.717) is 31.9 Å². The molecule has 0 aromatic heterocycles. The molecule has 2 amide bonds. The van der Waals surface area contributed by atoms with Gasteiger partial charge in [0.15, 0.2) is 0 Å². The third kappa shape index (κ3) is 5.53. The Bertz CT molecular complexity index is 584. The highest BCUT2D eigenvalue weighted by molar-refractivity contribution is 8.00. The molecule has 6 heteroatoms. The minimum Gasteiger partial charge on any atom is -0.355 e. The highest BCUT2D eigenvalue weighted by Gasteiger charge is 2.22. The zero-order valence-corrected chi connectivity index (χ0v) is 15.6. The summed E-state index contributed by atoms with van der Waals surface area (Å²) >= 11 is 1.61. The van der Waals surface area contributed by atoms with E-state index in [0.717, 1.165) is 13.1 Å². The van der Waals surface area contributed by atoms with Gasteiger partial charge in [-0.05, 0) is 32.4 Å². The molecule has 0 radical (unpaired) electrons. The van der Waals surface area contributed by atoms with Gasteiger partial charge in [0.1, 0.15) is 0 Å². The fourth-order valence-electron chi connectivity index (χ4n) is 2.71. The lowest BCUT2D eigenvalue weighted by atomic mass is 10.2. The number of hydrogen-bond acceptors (Lipinski definition) is 4. The van der Waals surface area contributed by atoms with Crippen LogP contribution in [-0.4, -0.2) is 66.6 Å². The van der Waals surface area contributed by atoms with Gasteiger partial charge in [-0.2, -0.15) is 0 Å². The Morgan fingerprint density at radius 3 is 2.54 bits per heavy atom. The average molecular weight is 350 g/mol. The van der Waals surface area contributed by atoms with Gasteiger partial charge >= 0.3 is 0 Å². The Kier molecular flexibility index (Phi) is 7.12. The maximum Gasteiger partial charge on any atom is 0.234 e. The number of rotatable bonds is 6. The quantitative estimate of drug-likeness (QED) is 0.794. The van der Waals surface area contributed by atoms with Crippen molar-refractivity contribution in [2.45, 2.75) is 25.7 Å². The van der Waals surface area contributed by atoms with Crippen LogP contribution in [0.1, 0.15) is 18.1 Å². The molecule has 1 aliphatic rings. The number of carbonyl (C=O) groups is 2. The number of hydrogen-bond donors (Lipinski definition) is 1. The molecule has 0 spiro atoms. The summed E-state index contributed by atoms with van der Waals surface area (Å²) in [5.41, 5.74) is 2.43. The van der Waals surface area contributed by atoms with Crippen molar-refractivity contribution in [3.05, 3.63) is 29.3 Å². The fourth-order valence-corrected chi connectivity index (χ4v) is 3.73. The third-order valence-corrected chi connectivity index (χ3v) is 5.30. The summed E-state index contributed by atoms with van der Waals surface area (Å²) in [6.45, 7) is 10.1. The summed E-state index contributed by atoms with van der Waals surface area (Å²) in [7, 11) is 0.